The minimum absolute atomic E-state index is 0.270. The van der Waals surface area contributed by atoms with Crippen LogP contribution in [0, 0.1) is 5.41 Å². The van der Waals surface area contributed by atoms with Gasteiger partial charge in [-0.3, -0.25) is 0 Å². The second kappa shape index (κ2) is 5.13. The molecule has 0 saturated heterocycles. The molecule has 0 aromatic heterocycles. The van der Waals surface area contributed by atoms with Crippen LogP contribution in [0.15, 0.2) is 54.1 Å². The van der Waals surface area contributed by atoms with Crippen molar-refractivity contribution in [2.45, 2.75) is 45.8 Å². The van der Waals surface area contributed by atoms with Gasteiger partial charge in [-0.15, -0.1) is 0 Å². The number of rotatable bonds is 3. The van der Waals surface area contributed by atoms with Crippen molar-refractivity contribution in [1.82, 2.24) is 0 Å². The van der Waals surface area contributed by atoms with Crippen LogP contribution in [0.3, 0.4) is 0 Å². The second-order valence-corrected chi connectivity index (χ2v) is 11.6. The highest BCUT2D eigenvalue weighted by Crippen LogP contribution is 2.45. The first kappa shape index (κ1) is 14.3. The zero-order valence-electron chi connectivity index (χ0n) is 12.9. The maximum atomic E-state index is 2.54. The highest BCUT2D eigenvalue weighted by molar-refractivity contribution is 6.92. The lowest BCUT2D eigenvalue weighted by Gasteiger charge is -2.38. The van der Waals surface area contributed by atoms with Gasteiger partial charge in [0.1, 0.15) is 0 Å². The van der Waals surface area contributed by atoms with E-state index in [1.165, 1.54) is 6.04 Å². The maximum absolute atomic E-state index is 2.54. The van der Waals surface area contributed by atoms with Gasteiger partial charge < -0.3 is 0 Å². The van der Waals surface area contributed by atoms with Crippen molar-refractivity contribution in [3.05, 3.63) is 54.1 Å². The lowest BCUT2D eigenvalue weighted by molar-refractivity contribution is 0.494. The van der Waals surface area contributed by atoms with Gasteiger partial charge in [0, 0.05) is 0 Å². The predicted octanol–water partition coefficient (Wildman–Crippen LogP) is 4.90. The van der Waals surface area contributed by atoms with Crippen LogP contribution in [-0.2, 0) is 0 Å². The zero-order chi connectivity index (χ0) is 14.1. The fourth-order valence-corrected chi connectivity index (χ4v) is 7.08. The molecule has 1 aliphatic carbocycles. The van der Waals surface area contributed by atoms with Crippen LogP contribution in [0.5, 0.6) is 0 Å². The quantitative estimate of drug-likeness (QED) is 0.685. The van der Waals surface area contributed by atoms with Crippen molar-refractivity contribution in [3.8, 4) is 0 Å². The first-order valence-corrected chi connectivity index (χ1v) is 10.1. The number of allylic oxidation sites excluding steroid dienone is 4. The SMILES string of the molecule is CC[Si](C)(c1ccccc1)C1C=CC=C1C(C)(C)C. The van der Waals surface area contributed by atoms with Crippen molar-refractivity contribution in [1.29, 1.82) is 0 Å². The molecular weight excluding hydrogens is 244 g/mol. The smallest absolute Gasteiger partial charge is 0.0797 e. The van der Waals surface area contributed by atoms with Crippen molar-refractivity contribution in [3.63, 3.8) is 0 Å². The molecule has 0 nitrogen and oxygen atoms in total. The highest BCUT2D eigenvalue weighted by Gasteiger charge is 2.41. The Hall–Kier alpha value is -1.08. The minimum atomic E-state index is -1.49. The summed E-state index contributed by atoms with van der Waals surface area (Å²) >= 11 is 0. The molecule has 1 aromatic rings. The molecule has 0 saturated carbocycles. The second-order valence-electron chi connectivity index (χ2n) is 6.87. The Labute approximate surface area is 119 Å². The van der Waals surface area contributed by atoms with Crippen LogP contribution in [-0.4, -0.2) is 8.07 Å². The summed E-state index contributed by atoms with van der Waals surface area (Å²) in [6.45, 7) is 11.9. The maximum Gasteiger partial charge on any atom is 0.0942 e. The van der Waals surface area contributed by atoms with Crippen LogP contribution in [0.25, 0.3) is 0 Å². The predicted molar refractivity (Wildman–Crippen MR) is 88.6 cm³/mol. The van der Waals surface area contributed by atoms with Crippen molar-refractivity contribution < 1.29 is 0 Å². The summed E-state index contributed by atoms with van der Waals surface area (Å²) in [7, 11) is -1.49. The highest BCUT2D eigenvalue weighted by atomic mass is 28.3. The van der Waals surface area contributed by atoms with E-state index in [4.69, 9.17) is 0 Å². The van der Waals surface area contributed by atoms with Crippen LogP contribution in [0.4, 0.5) is 0 Å². The van der Waals surface area contributed by atoms with Crippen molar-refractivity contribution >= 4 is 13.3 Å². The van der Waals surface area contributed by atoms with Gasteiger partial charge in [-0.25, -0.2) is 0 Å². The first-order valence-electron chi connectivity index (χ1n) is 7.34. The summed E-state index contributed by atoms with van der Waals surface area (Å²) in [4.78, 5) is 0. The van der Waals surface area contributed by atoms with Crippen LogP contribution < -0.4 is 5.19 Å². The molecule has 0 fully saturated rings. The summed E-state index contributed by atoms with van der Waals surface area (Å²) < 4.78 is 0. The van der Waals surface area contributed by atoms with Crippen molar-refractivity contribution in [2.24, 2.45) is 5.41 Å². The largest absolute Gasteiger partial charge is 0.0942 e. The van der Waals surface area contributed by atoms with Crippen LogP contribution in [0.2, 0.25) is 18.1 Å². The molecule has 0 N–H and O–H groups in total. The minimum Gasteiger partial charge on any atom is -0.0797 e. The fraction of sp³-hybridized carbons (Fsp3) is 0.444. The molecule has 0 amide bonds. The van der Waals surface area contributed by atoms with Gasteiger partial charge in [-0.2, -0.15) is 0 Å². The molecule has 0 bridgehead atoms. The number of hydrogen-bond donors (Lipinski definition) is 0. The van der Waals surface area contributed by atoms with E-state index >= 15 is 0 Å². The summed E-state index contributed by atoms with van der Waals surface area (Å²) in [6.07, 6.45) is 7.08. The standard InChI is InChI=1S/C18H26Si/c1-6-19(5,15-11-8-7-9-12-15)17-14-10-13-16(17)18(2,3)4/h7-14,17H,6H2,1-5H3. The van der Waals surface area contributed by atoms with E-state index in [0.717, 1.165) is 0 Å². The Kier molecular flexibility index (Phi) is 3.87. The average molecular weight is 270 g/mol. The van der Waals surface area contributed by atoms with Gasteiger partial charge in [0.15, 0.2) is 0 Å². The molecular formula is C18H26Si. The van der Waals surface area contributed by atoms with Gasteiger partial charge in [0.2, 0.25) is 0 Å². The van der Waals surface area contributed by atoms with Crippen LogP contribution >= 0.6 is 0 Å². The lowest BCUT2D eigenvalue weighted by atomic mass is 9.85. The van der Waals surface area contributed by atoms with Gasteiger partial charge >= 0.3 is 0 Å². The lowest BCUT2D eigenvalue weighted by Crippen LogP contribution is -2.49. The normalized spacial score (nSPS) is 22.2. The van der Waals surface area contributed by atoms with Gasteiger partial charge in [0.05, 0.1) is 8.07 Å². The van der Waals surface area contributed by atoms with Crippen molar-refractivity contribution in [2.75, 3.05) is 0 Å². The van der Waals surface area contributed by atoms with Gasteiger partial charge in [0.25, 0.3) is 0 Å². The molecule has 1 heteroatoms. The average Bonchev–Trinajstić information content (AvgIpc) is 2.88. The fourth-order valence-electron chi connectivity index (χ4n) is 3.17. The third-order valence-corrected chi connectivity index (χ3v) is 9.63. The molecule has 0 heterocycles. The van der Waals surface area contributed by atoms with E-state index in [2.05, 4.69) is 82.8 Å². The molecule has 0 spiro atoms. The Morgan fingerprint density at radius 1 is 1.11 bits per heavy atom. The summed E-state index contributed by atoms with van der Waals surface area (Å²) in [5.41, 5.74) is 2.54. The molecule has 0 radical (unpaired) electrons. The Bertz CT molecular complexity index is 490. The van der Waals surface area contributed by atoms with Gasteiger partial charge in [-0.1, -0.05) is 99.6 Å². The first-order chi connectivity index (χ1) is 8.89. The Morgan fingerprint density at radius 2 is 1.74 bits per heavy atom. The molecule has 2 rings (SSSR count). The van der Waals surface area contributed by atoms with E-state index in [1.54, 1.807) is 10.8 Å². The third-order valence-electron chi connectivity index (χ3n) is 4.63. The van der Waals surface area contributed by atoms with Crippen LogP contribution in [0.1, 0.15) is 27.7 Å². The molecule has 0 aliphatic heterocycles. The monoisotopic (exact) mass is 270 g/mol. The van der Waals surface area contributed by atoms with E-state index in [0.29, 0.717) is 5.54 Å². The van der Waals surface area contributed by atoms with E-state index in [1.807, 2.05) is 0 Å². The molecule has 102 valence electrons. The summed E-state index contributed by atoms with van der Waals surface area (Å²) in [5, 5.41) is 1.59. The van der Waals surface area contributed by atoms with E-state index < -0.39 is 8.07 Å². The topological polar surface area (TPSA) is 0 Å². The van der Waals surface area contributed by atoms with E-state index in [-0.39, 0.29) is 5.41 Å². The summed E-state index contributed by atoms with van der Waals surface area (Å²) in [5.74, 6) is 0. The molecule has 1 aliphatic rings. The molecule has 2 unspecified atom stereocenters. The molecule has 19 heavy (non-hydrogen) atoms. The van der Waals surface area contributed by atoms with Gasteiger partial charge in [-0.05, 0) is 11.0 Å². The Balaban J connectivity index is 2.43. The zero-order valence-corrected chi connectivity index (χ0v) is 13.9. The number of benzene rings is 1. The summed E-state index contributed by atoms with van der Waals surface area (Å²) in [6, 6.07) is 12.5. The number of hydrogen-bond acceptors (Lipinski definition) is 0. The molecule has 1 aromatic carbocycles. The van der Waals surface area contributed by atoms with E-state index in [9.17, 15) is 0 Å². The molecule has 2 atom stereocenters. The third kappa shape index (κ3) is 2.62. The Morgan fingerprint density at radius 3 is 2.26 bits per heavy atom.